The molecule has 7 nitrogen and oxygen atoms in total. The summed E-state index contributed by atoms with van der Waals surface area (Å²) in [6.45, 7) is -0.173. The van der Waals surface area contributed by atoms with Crippen LogP contribution in [0, 0.1) is 0 Å². The second-order valence-electron chi connectivity index (χ2n) is 8.20. The highest BCUT2D eigenvalue weighted by Gasteiger charge is 2.28. The smallest absolute Gasteiger partial charge is 0.264 e. The van der Waals surface area contributed by atoms with Gasteiger partial charge in [-0.05, 0) is 77.9 Å². The maximum absolute atomic E-state index is 13.4. The molecule has 1 amide bonds. The third-order valence-corrected chi connectivity index (χ3v) is 7.96. The first kappa shape index (κ1) is 28.4. The van der Waals surface area contributed by atoms with Crippen molar-refractivity contribution in [1.29, 1.82) is 0 Å². The number of ether oxygens (including phenoxy) is 1. The summed E-state index contributed by atoms with van der Waals surface area (Å²) < 4.78 is 33.5. The number of hydrazone groups is 1. The number of anilines is 1. The normalized spacial score (nSPS) is 11.4. The minimum atomic E-state index is -4.12. The maximum Gasteiger partial charge on any atom is 0.264 e. The molecule has 200 valence electrons. The molecule has 0 aliphatic rings. The SMILES string of the molecule is O=C(CN(c1ccc(Cl)cc1Cl)S(=O)(=O)c1ccccc1)N/N=C\c1ccc(OCc2ccc(Cl)cc2)cc1. The summed E-state index contributed by atoms with van der Waals surface area (Å²) in [6, 6.07) is 26.6. The Labute approximate surface area is 241 Å². The van der Waals surface area contributed by atoms with Crippen LogP contribution in [0.5, 0.6) is 5.75 Å². The summed E-state index contributed by atoms with van der Waals surface area (Å²) in [5.41, 5.74) is 4.15. The number of hydrogen-bond donors (Lipinski definition) is 1. The molecule has 0 saturated carbocycles. The first-order chi connectivity index (χ1) is 18.7. The van der Waals surface area contributed by atoms with Gasteiger partial charge in [0.25, 0.3) is 15.9 Å². The number of benzene rings is 4. The van der Waals surface area contributed by atoms with Gasteiger partial charge in [0.2, 0.25) is 0 Å². The Bertz CT molecular complexity index is 1560. The van der Waals surface area contributed by atoms with Gasteiger partial charge in [0.1, 0.15) is 18.9 Å². The van der Waals surface area contributed by atoms with Crippen molar-refractivity contribution in [1.82, 2.24) is 5.43 Å². The highest BCUT2D eigenvalue weighted by Crippen LogP contribution is 2.32. The summed E-state index contributed by atoms with van der Waals surface area (Å²) in [5.74, 6) is -0.00701. The van der Waals surface area contributed by atoms with Gasteiger partial charge in [-0.2, -0.15) is 5.10 Å². The number of carbonyl (C=O) groups is 1. The van der Waals surface area contributed by atoms with Crippen molar-refractivity contribution in [2.75, 3.05) is 10.8 Å². The largest absolute Gasteiger partial charge is 0.489 e. The number of carbonyl (C=O) groups excluding carboxylic acids is 1. The second-order valence-corrected chi connectivity index (χ2v) is 11.3. The number of nitrogens with one attached hydrogen (secondary N) is 1. The van der Waals surface area contributed by atoms with Gasteiger partial charge in [-0.25, -0.2) is 13.8 Å². The minimum Gasteiger partial charge on any atom is -0.489 e. The van der Waals surface area contributed by atoms with Gasteiger partial charge in [-0.3, -0.25) is 9.10 Å². The first-order valence-electron chi connectivity index (χ1n) is 11.5. The number of sulfonamides is 1. The van der Waals surface area contributed by atoms with Gasteiger partial charge >= 0.3 is 0 Å². The van der Waals surface area contributed by atoms with Crippen molar-refractivity contribution in [3.8, 4) is 5.75 Å². The van der Waals surface area contributed by atoms with E-state index in [1.165, 1.54) is 36.5 Å². The lowest BCUT2D eigenvalue weighted by molar-refractivity contribution is -0.119. The molecular weight excluding hydrogens is 581 g/mol. The standard InChI is InChI=1S/C28H22Cl3N3O4S/c29-22-10-6-21(7-11-22)19-38-24-13-8-20(9-14-24)17-32-33-28(35)18-34(27-15-12-23(30)16-26(27)31)39(36,37)25-4-2-1-3-5-25/h1-17H,18-19H2,(H,33,35)/b32-17-. The van der Waals surface area contributed by atoms with E-state index in [0.717, 1.165) is 9.87 Å². The van der Waals surface area contributed by atoms with Crippen molar-refractivity contribution in [3.05, 3.63) is 123 Å². The Morgan fingerprint density at radius 2 is 1.54 bits per heavy atom. The summed E-state index contributed by atoms with van der Waals surface area (Å²) in [4.78, 5) is 12.7. The van der Waals surface area contributed by atoms with Crippen LogP contribution in [0.2, 0.25) is 15.1 Å². The van der Waals surface area contributed by atoms with Gasteiger partial charge in [0.05, 0.1) is 21.8 Å². The molecule has 1 N–H and O–H groups in total. The van der Waals surface area contributed by atoms with Crippen molar-refractivity contribution in [2.24, 2.45) is 5.10 Å². The Hall–Kier alpha value is -3.56. The van der Waals surface area contributed by atoms with E-state index in [1.807, 2.05) is 12.1 Å². The molecule has 4 aromatic rings. The summed E-state index contributed by atoms with van der Waals surface area (Å²) >= 11 is 18.2. The Kier molecular flexibility index (Phi) is 9.48. The molecule has 11 heteroatoms. The molecule has 4 rings (SSSR count). The number of hydrogen-bond acceptors (Lipinski definition) is 5. The van der Waals surface area contributed by atoms with E-state index in [1.54, 1.807) is 54.6 Å². The molecule has 0 radical (unpaired) electrons. The van der Waals surface area contributed by atoms with Gasteiger partial charge < -0.3 is 4.74 Å². The summed E-state index contributed by atoms with van der Waals surface area (Å²) in [6.07, 6.45) is 1.44. The van der Waals surface area contributed by atoms with Crippen LogP contribution < -0.4 is 14.5 Å². The van der Waals surface area contributed by atoms with Crippen LogP contribution in [0.25, 0.3) is 0 Å². The quantitative estimate of drug-likeness (QED) is 0.164. The zero-order valence-corrected chi connectivity index (χ0v) is 23.4. The maximum atomic E-state index is 13.4. The highest BCUT2D eigenvalue weighted by atomic mass is 35.5. The number of rotatable bonds is 10. The molecule has 0 aliphatic carbocycles. The average Bonchev–Trinajstić information content (AvgIpc) is 2.93. The third-order valence-electron chi connectivity index (χ3n) is 5.40. The predicted molar refractivity (Wildman–Crippen MR) is 155 cm³/mol. The number of halogens is 3. The molecule has 0 atom stereocenters. The highest BCUT2D eigenvalue weighted by molar-refractivity contribution is 7.92. The van der Waals surface area contributed by atoms with Gasteiger partial charge in [-0.1, -0.05) is 65.1 Å². The Morgan fingerprint density at radius 1 is 0.872 bits per heavy atom. The predicted octanol–water partition coefficient (Wildman–Crippen LogP) is 6.57. The van der Waals surface area contributed by atoms with E-state index in [2.05, 4.69) is 10.5 Å². The molecule has 0 heterocycles. The van der Waals surface area contributed by atoms with Crippen LogP contribution in [0.1, 0.15) is 11.1 Å². The van der Waals surface area contributed by atoms with Gasteiger partial charge in [0.15, 0.2) is 0 Å². The van der Waals surface area contributed by atoms with E-state index >= 15 is 0 Å². The minimum absolute atomic E-state index is 0.00527. The van der Waals surface area contributed by atoms with Crippen molar-refractivity contribution in [2.45, 2.75) is 11.5 Å². The zero-order valence-electron chi connectivity index (χ0n) is 20.3. The molecule has 0 spiro atoms. The molecule has 39 heavy (non-hydrogen) atoms. The second kappa shape index (κ2) is 13.0. The third kappa shape index (κ3) is 7.74. The molecule has 0 aromatic heterocycles. The number of nitrogens with zero attached hydrogens (tertiary/aromatic N) is 2. The van der Waals surface area contributed by atoms with E-state index in [4.69, 9.17) is 39.5 Å². The molecular formula is C28H22Cl3N3O4S. The molecule has 0 fully saturated rings. The fraction of sp³-hybridized carbons (Fsp3) is 0.0714. The van der Waals surface area contributed by atoms with Crippen LogP contribution >= 0.6 is 34.8 Å². The molecule has 0 bridgehead atoms. The number of amides is 1. The van der Waals surface area contributed by atoms with Crippen LogP contribution in [0.15, 0.2) is 107 Å². The monoisotopic (exact) mass is 601 g/mol. The fourth-order valence-corrected chi connectivity index (χ4v) is 5.59. The molecule has 0 unspecified atom stereocenters. The van der Waals surface area contributed by atoms with Gasteiger partial charge in [0, 0.05) is 10.0 Å². The van der Waals surface area contributed by atoms with Crippen LogP contribution in [-0.4, -0.2) is 27.1 Å². The lowest BCUT2D eigenvalue weighted by Gasteiger charge is -2.24. The Morgan fingerprint density at radius 3 is 2.21 bits per heavy atom. The first-order valence-corrected chi connectivity index (χ1v) is 14.1. The van der Waals surface area contributed by atoms with Crippen LogP contribution in [0.4, 0.5) is 5.69 Å². The van der Waals surface area contributed by atoms with Crippen molar-refractivity contribution in [3.63, 3.8) is 0 Å². The molecule has 0 saturated heterocycles. The molecule has 0 aliphatic heterocycles. The Balaban J connectivity index is 1.41. The molecule has 4 aromatic carbocycles. The van der Waals surface area contributed by atoms with Crippen molar-refractivity contribution < 1.29 is 17.9 Å². The van der Waals surface area contributed by atoms with Gasteiger partial charge in [-0.15, -0.1) is 0 Å². The summed E-state index contributed by atoms with van der Waals surface area (Å²) in [5, 5.41) is 5.03. The van der Waals surface area contributed by atoms with E-state index in [-0.39, 0.29) is 15.6 Å². The zero-order chi connectivity index (χ0) is 27.8. The van der Waals surface area contributed by atoms with E-state index in [9.17, 15) is 13.2 Å². The summed E-state index contributed by atoms with van der Waals surface area (Å²) in [7, 11) is -4.12. The average molecular weight is 603 g/mol. The lowest BCUT2D eigenvalue weighted by atomic mass is 10.2. The van der Waals surface area contributed by atoms with E-state index in [0.29, 0.717) is 28.0 Å². The topological polar surface area (TPSA) is 88.1 Å². The van der Waals surface area contributed by atoms with Crippen molar-refractivity contribution >= 4 is 62.6 Å². The fourth-order valence-electron chi connectivity index (χ4n) is 3.44. The van der Waals surface area contributed by atoms with E-state index < -0.39 is 22.5 Å². The van der Waals surface area contributed by atoms with Crippen LogP contribution in [-0.2, 0) is 21.4 Å². The lowest BCUT2D eigenvalue weighted by Crippen LogP contribution is -2.39. The van der Waals surface area contributed by atoms with Crippen LogP contribution in [0.3, 0.4) is 0 Å².